The predicted octanol–water partition coefficient (Wildman–Crippen LogP) is 6.00. The predicted molar refractivity (Wildman–Crippen MR) is 187 cm³/mol. The van der Waals surface area contributed by atoms with Crippen LogP contribution in [0.3, 0.4) is 0 Å². The van der Waals surface area contributed by atoms with Crippen molar-refractivity contribution in [1.29, 1.82) is 0 Å². The van der Waals surface area contributed by atoms with E-state index >= 15 is 0 Å². The third kappa shape index (κ3) is 6.68. The minimum Gasteiger partial charge on any atom is -0.497 e. The third-order valence-electron chi connectivity index (χ3n) is 9.37. The Hall–Kier alpha value is -5.00. The number of aryl methyl sites for hydroxylation is 1. The first kappa shape index (κ1) is 32.5. The number of alkyl carbamates (subject to hydrolysis) is 1. The molecule has 3 aromatic heterocycles. The van der Waals surface area contributed by atoms with Crippen LogP contribution < -0.4 is 14.8 Å². The summed E-state index contributed by atoms with van der Waals surface area (Å²) in [5, 5.41) is 8.76. The lowest BCUT2D eigenvalue weighted by molar-refractivity contribution is 0.0452. The zero-order valence-corrected chi connectivity index (χ0v) is 29.2. The molecule has 7 rings (SSSR count). The highest BCUT2D eigenvalue weighted by Crippen LogP contribution is 2.38. The number of aromatic nitrogens is 5. The van der Waals surface area contributed by atoms with Gasteiger partial charge in [-0.15, -0.1) is 0 Å². The minimum absolute atomic E-state index is 0.121. The number of nitrogens with zero attached hydrogens (tertiary/aromatic N) is 6. The van der Waals surface area contributed by atoms with E-state index in [9.17, 15) is 9.59 Å². The van der Waals surface area contributed by atoms with Crippen LogP contribution in [0.25, 0.3) is 33.6 Å². The van der Waals surface area contributed by atoms with E-state index in [4.69, 9.17) is 24.3 Å². The lowest BCUT2D eigenvalue weighted by Gasteiger charge is -2.33. The fourth-order valence-corrected chi connectivity index (χ4v) is 6.83. The molecule has 0 radical (unpaired) electrons. The van der Waals surface area contributed by atoms with Crippen LogP contribution in [-0.4, -0.2) is 79.8 Å². The summed E-state index contributed by atoms with van der Waals surface area (Å²) in [6, 6.07) is 13.7. The number of nitrogens with one attached hydrogen (secondary N) is 1. The monoisotopic (exact) mass is 667 g/mol. The summed E-state index contributed by atoms with van der Waals surface area (Å²) in [5.74, 6) is 2.70. The lowest BCUT2D eigenvalue weighted by atomic mass is 10.0. The molecule has 0 unspecified atom stereocenters. The average Bonchev–Trinajstić information content (AvgIpc) is 3.58. The quantitative estimate of drug-likeness (QED) is 0.205. The van der Waals surface area contributed by atoms with Crippen LogP contribution in [0.5, 0.6) is 11.5 Å². The fourth-order valence-electron chi connectivity index (χ4n) is 6.83. The molecule has 4 heterocycles. The normalized spacial score (nSPS) is 16.7. The van der Waals surface area contributed by atoms with E-state index in [0.717, 1.165) is 58.8 Å². The maximum Gasteiger partial charge on any atom is 0.407 e. The highest BCUT2D eigenvalue weighted by atomic mass is 16.6. The van der Waals surface area contributed by atoms with Crippen molar-refractivity contribution in [2.45, 2.75) is 71.2 Å². The smallest absolute Gasteiger partial charge is 0.407 e. The number of likely N-dealkylation sites (tertiary alicyclic amines) is 1. The van der Waals surface area contributed by atoms with E-state index < -0.39 is 11.7 Å². The maximum absolute atomic E-state index is 13.9. The summed E-state index contributed by atoms with van der Waals surface area (Å²) in [4.78, 5) is 33.2. The van der Waals surface area contributed by atoms with E-state index in [-0.39, 0.29) is 11.9 Å². The van der Waals surface area contributed by atoms with Crippen molar-refractivity contribution >= 4 is 34.1 Å². The van der Waals surface area contributed by atoms with E-state index in [1.807, 2.05) is 52.2 Å². The molecule has 258 valence electrons. The second kappa shape index (κ2) is 12.8. The van der Waals surface area contributed by atoms with Gasteiger partial charge < -0.3 is 33.6 Å². The average molecular weight is 668 g/mol. The first-order valence-corrected chi connectivity index (χ1v) is 17.0. The Morgan fingerprint density at radius 2 is 1.80 bits per heavy atom. The lowest BCUT2D eigenvalue weighted by Crippen LogP contribution is -2.50. The second-order valence-corrected chi connectivity index (χ2v) is 14.3. The summed E-state index contributed by atoms with van der Waals surface area (Å²) in [6.45, 7) is 8.02. The van der Waals surface area contributed by atoms with Gasteiger partial charge in [-0.25, -0.2) is 14.5 Å². The second-order valence-electron chi connectivity index (χ2n) is 14.3. The number of carbonyl (C=O) groups excluding carboxylic acids is 2. The van der Waals surface area contributed by atoms with Gasteiger partial charge in [-0.3, -0.25) is 4.79 Å². The topological polar surface area (TPSA) is 118 Å². The summed E-state index contributed by atoms with van der Waals surface area (Å²) < 4.78 is 23.1. The van der Waals surface area contributed by atoms with Crippen molar-refractivity contribution in [2.24, 2.45) is 13.0 Å². The minimum atomic E-state index is -0.592. The number of hydrogen-bond donors (Lipinski definition) is 1. The fraction of sp³-hybridized carbons (Fsp3) is 0.459. The number of carbonyl (C=O) groups is 2. The molecular formula is C37H45N7O5. The SMILES string of the molecule is COc1ccc(Cn2ncc3cc(-c4nc5cc(C(=O)N6CCC[C@@H](NC(=O)OC(C)(C)C)C6)cc(OC)c5n4C)n(CC4CC4)c32)cc1. The van der Waals surface area contributed by atoms with Gasteiger partial charge in [0.05, 0.1) is 38.2 Å². The summed E-state index contributed by atoms with van der Waals surface area (Å²) in [5.41, 5.74) is 4.61. The van der Waals surface area contributed by atoms with Crippen LogP contribution in [0.1, 0.15) is 62.4 Å². The third-order valence-corrected chi connectivity index (χ3v) is 9.37. The van der Waals surface area contributed by atoms with Crippen molar-refractivity contribution in [3.63, 3.8) is 0 Å². The van der Waals surface area contributed by atoms with Gasteiger partial charge in [-0.2, -0.15) is 5.10 Å². The van der Waals surface area contributed by atoms with E-state index in [0.29, 0.717) is 42.4 Å². The van der Waals surface area contributed by atoms with Gasteiger partial charge >= 0.3 is 6.09 Å². The Morgan fingerprint density at radius 3 is 2.49 bits per heavy atom. The van der Waals surface area contributed by atoms with Crippen LogP contribution in [0.15, 0.2) is 48.7 Å². The molecule has 12 nitrogen and oxygen atoms in total. The van der Waals surface area contributed by atoms with Gasteiger partial charge in [0, 0.05) is 43.7 Å². The van der Waals surface area contributed by atoms with Crippen LogP contribution in [0.2, 0.25) is 0 Å². The Labute approximate surface area is 285 Å². The zero-order valence-electron chi connectivity index (χ0n) is 29.2. The summed E-state index contributed by atoms with van der Waals surface area (Å²) in [6.07, 6.45) is 5.43. The molecule has 2 aromatic carbocycles. The van der Waals surface area contributed by atoms with Crippen molar-refractivity contribution in [3.05, 3.63) is 59.8 Å². The Bertz CT molecular complexity index is 2010. The zero-order chi connectivity index (χ0) is 34.4. The molecule has 1 saturated heterocycles. The summed E-state index contributed by atoms with van der Waals surface area (Å²) in [7, 11) is 5.29. The molecule has 49 heavy (non-hydrogen) atoms. The number of ether oxygens (including phenoxy) is 3. The molecule has 1 aliphatic carbocycles. The first-order chi connectivity index (χ1) is 23.5. The van der Waals surface area contributed by atoms with Gasteiger partial charge in [0.15, 0.2) is 5.82 Å². The molecule has 1 saturated carbocycles. The number of methoxy groups -OCH3 is 2. The summed E-state index contributed by atoms with van der Waals surface area (Å²) >= 11 is 0. The van der Waals surface area contributed by atoms with Crippen molar-refractivity contribution in [3.8, 4) is 23.0 Å². The van der Waals surface area contributed by atoms with Crippen LogP contribution in [0.4, 0.5) is 4.79 Å². The number of rotatable bonds is 9. The molecule has 1 N–H and O–H groups in total. The maximum atomic E-state index is 13.9. The highest BCUT2D eigenvalue weighted by Gasteiger charge is 2.30. The van der Waals surface area contributed by atoms with Crippen LogP contribution in [-0.2, 0) is 24.9 Å². The number of imidazole rings is 1. The first-order valence-electron chi connectivity index (χ1n) is 17.0. The highest BCUT2D eigenvalue weighted by molar-refractivity contribution is 6.00. The van der Waals surface area contributed by atoms with Crippen molar-refractivity contribution < 1.29 is 23.8 Å². The van der Waals surface area contributed by atoms with Crippen molar-refractivity contribution in [2.75, 3.05) is 27.3 Å². The number of benzene rings is 2. The van der Waals surface area contributed by atoms with E-state index in [1.165, 1.54) is 12.8 Å². The molecule has 12 heteroatoms. The van der Waals surface area contributed by atoms with Crippen LogP contribution in [0, 0.1) is 5.92 Å². The van der Waals surface area contributed by atoms with Gasteiger partial charge in [0.1, 0.15) is 28.3 Å². The van der Waals surface area contributed by atoms with E-state index in [1.54, 1.807) is 25.2 Å². The number of hydrogen-bond acceptors (Lipinski definition) is 7. The molecule has 1 aliphatic heterocycles. The molecular weight excluding hydrogens is 622 g/mol. The molecule has 2 aliphatic rings. The standard InChI is InChI=1S/C37H45N7O5/c1-37(2,3)49-36(46)39-27-8-7-15-42(22-27)35(45)25-16-29-32(31(18-25)48-6)41(4)33(40-29)30-17-26-19-38-44(34(26)43(30)20-23-9-10-23)21-24-11-13-28(47-5)14-12-24/h11-14,16-19,23,27H,7-10,15,20-22H2,1-6H3,(H,39,46)/t27-/m1/s1. The molecule has 5 aromatic rings. The Morgan fingerprint density at radius 1 is 1.02 bits per heavy atom. The Balaban J connectivity index is 1.21. The molecule has 1 atom stereocenters. The van der Waals surface area contributed by atoms with Gasteiger partial charge in [0.25, 0.3) is 5.91 Å². The van der Waals surface area contributed by atoms with Gasteiger partial charge in [-0.1, -0.05) is 12.1 Å². The molecule has 0 spiro atoms. The number of fused-ring (bicyclic) bond motifs is 2. The number of piperidine rings is 1. The van der Waals surface area contributed by atoms with Crippen LogP contribution >= 0.6 is 0 Å². The largest absolute Gasteiger partial charge is 0.497 e. The molecule has 2 amide bonds. The molecule has 2 fully saturated rings. The van der Waals surface area contributed by atoms with Gasteiger partial charge in [0.2, 0.25) is 0 Å². The van der Waals surface area contributed by atoms with Gasteiger partial charge in [-0.05, 0) is 88.3 Å². The Kier molecular flexibility index (Phi) is 8.50. The molecule has 0 bridgehead atoms. The number of amides is 2. The van der Waals surface area contributed by atoms with Crippen molar-refractivity contribution in [1.82, 2.24) is 34.1 Å². The van der Waals surface area contributed by atoms with E-state index in [2.05, 4.69) is 37.3 Å².